The van der Waals surface area contributed by atoms with Crippen LogP contribution in [0.4, 0.5) is 0 Å². The molecule has 2 atom stereocenters. The molecule has 0 unspecified atom stereocenters. The van der Waals surface area contributed by atoms with E-state index in [2.05, 4.69) is 5.32 Å². The Labute approximate surface area is 106 Å². The molecule has 3 rings (SSSR count). The lowest BCUT2D eigenvalue weighted by atomic mass is 10.0. The summed E-state index contributed by atoms with van der Waals surface area (Å²) < 4.78 is 0. The van der Waals surface area contributed by atoms with E-state index in [0.29, 0.717) is 17.0 Å². The first-order valence-electron chi connectivity index (χ1n) is 6.03. The third-order valence-electron chi connectivity index (χ3n) is 3.80. The predicted octanol–water partition coefficient (Wildman–Crippen LogP) is 1.77. The van der Waals surface area contributed by atoms with Crippen molar-refractivity contribution in [2.24, 2.45) is 5.92 Å². The van der Waals surface area contributed by atoms with Crippen LogP contribution in [0.1, 0.15) is 16.8 Å². The molecule has 1 N–H and O–H groups in total. The summed E-state index contributed by atoms with van der Waals surface area (Å²) in [4.78, 5) is 14.4. The molecule has 2 saturated heterocycles. The van der Waals surface area contributed by atoms with E-state index in [0.717, 1.165) is 31.6 Å². The molecule has 0 bridgehead atoms. The number of rotatable bonds is 1. The highest BCUT2D eigenvalue weighted by Crippen LogP contribution is 2.28. The molecule has 1 amide bonds. The Balaban J connectivity index is 1.80. The third-order valence-corrected chi connectivity index (χ3v) is 4.05. The lowest BCUT2D eigenvalue weighted by Gasteiger charge is -2.23. The molecule has 0 spiro atoms. The number of carbonyl (C=O) groups is 1. The minimum Gasteiger partial charge on any atom is -0.334 e. The molecule has 2 aliphatic heterocycles. The third kappa shape index (κ3) is 1.94. The van der Waals surface area contributed by atoms with Crippen molar-refractivity contribution in [1.82, 2.24) is 10.2 Å². The summed E-state index contributed by atoms with van der Waals surface area (Å²) in [7, 11) is 0. The number of carbonyl (C=O) groups excluding carboxylic acids is 1. The van der Waals surface area contributed by atoms with Crippen molar-refractivity contribution < 1.29 is 4.79 Å². The number of amides is 1. The molecule has 0 aliphatic carbocycles. The maximum absolute atomic E-state index is 12.4. The Bertz CT molecular complexity index is 432. The SMILES string of the molecule is O=C(c1ccc(Cl)cc1)N1CC[C@@H]2CNC[C@@H]21. The van der Waals surface area contributed by atoms with Gasteiger partial charge in [0.15, 0.2) is 0 Å². The molecule has 17 heavy (non-hydrogen) atoms. The largest absolute Gasteiger partial charge is 0.334 e. The number of halogens is 1. The Morgan fingerprint density at radius 1 is 1.29 bits per heavy atom. The highest BCUT2D eigenvalue weighted by atomic mass is 35.5. The van der Waals surface area contributed by atoms with Crippen LogP contribution in [0, 0.1) is 5.92 Å². The van der Waals surface area contributed by atoms with Crippen molar-refractivity contribution in [2.45, 2.75) is 12.5 Å². The molecule has 1 aromatic carbocycles. The van der Waals surface area contributed by atoms with Gasteiger partial charge in [0, 0.05) is 36.3 Å². The van der Waals surface area contributed by atoms with Crippen LogP contribution >= 0.6 is 11.6 Å². The topological polar surface area (TPSA) is 32.3 Å². The summed E-state index contributed by atoms with van der Waals surface area (Å²) in [6.07, 6.45) is 1.12. The molecule has 4 heteroatoms. The first-order valence-corrected chi connectivity index (χ1v) is 6.41. The Hall–Kier alpha value is -1.06. The van der Waals surface area contributed by atoms with Gasteiger partial charge < -0.3 is 10.2 Å². The number of nitrogens with one attached hydrogen (secondary N) is 1. The Kier molecular flexibility index (Phi) is 2.81. The minimum absolute atomic E-state index is 0.137. The molecule has 90 valence electrons. The summed E-state index contributed by atoms with van der Waals surface area (Å²) in [5, 5.41) is 4.02. The number of hydrogen-bond donors (Lipinski definition) is 1. The number of hydrogen-bond acceptors (Lipinski definition) is 2. The van der Waals surface area contributed by atoms with Crippen LogP contribution in [0.5, 0.6) is 0 Å². The molecule has 1 aromatic rings. The highest BCUT2D eigenvalue weighted by Gasteiger charge is 2.39. The maximum atomic E-state index is 12.4. The number of nitrogens with zero attached hydrogens (tertiary/aromatic N) is 1. The van der Waals surface area contributed by atoms with Gasteiger partial charge >= 0.3 is 0 Å². The molecular formula is C13H15ClN2O. The van der Waals surface area contributed by atoms with Gasteiger partial charge in [0.25, 0.3) is 5.91 Å². The van der Waals surface area contributed by atoms with Crippen molar-refractivity contribution in [3.05, 3.63) is 34.9 Å². The second kappa shape index (κ2) is 4.31. The first-order chi connectivity index (χ1) is 8.25. The van der Waals surface area contributed by atoms with Gasteiger partial charge in [-0.3, -0.25) is 4.79 Å². The Morgan fingerprint density at radius 3 is 2.82 bits per heavy atom. The summed E-state index contributed by atoms with van der Waals surface area (Å²) in [6.45, 7) is 2.87. The molecule has 2 heterocycles. The van der Waals surface area contributed by atoms with Gasteiger partial charge in [-0.25, -0.2) is 0 Å². The van der Waals surface area contributed by atoms with Crippen LogP contribution in [0.2, 0.25) is 5.02 Å². The van der Waals surface area contributed by atoms with Crippen LogP contribution in [0.15, 0.2) is 24.3 Å². The van der Waals surface area contributed by atoms with Crippen LogP contribution in [-0.4, -0.2) is 36.5 Å². The predicted molar refractivity (Wildman–Crippen MR) is 67.3 cm³/mol. The van der Waals surface area contributed by atoms with E-state index < -0.39 is 0 Å². The van der Waals surface area contributed by atoms with Gasteiger partial charge in [-0.1, -0.05) is 11.6 Å². The highest BCUT2D eigenvalue weighted by molar-refractivity contribution is 6.30. The molecule has 2 fully saturated rings. The van der Waals surface area contributed by atoms with Crippen molar-refractivity contribution in [3.63, 3.8) is 0 Å². The van der Waals surface area contributed by atoms with Crippen molar-refractivity contribution >= 4 is 17.5 Å². The smallest absolute Gasteiger partial charge is 0.254 e. The molecular weight excluding hydrogens is 236 g/mol. The molecule has 3 nitrogen and oxygen atoms in total. The standard InChI is InChI=1S/C13H15ClN2O/c14-11-3-1-9(2-4-11)13(17)16-6-5-10-7-15-8-12(10)16/h1-4,10,12,15H,5-8H2/t10-,12+/m1/s1. The number of benzene rings is 1. The zero-order valence-electron chi connectivity index (χ0n) is 9.53. The fourth-order valence-electron chi connectivity index (χ4n) is 2.86. The second-order valence-corrected chi connectivity index (χ2v) is 5.22. The van der Waals surface area contributed by atoms with E-state index >= 15 is 0 Å². The number of fused-ring (bicyclic) bond motifs is 1. The van der Waals surface area contributed by atoms with Gasteiger partial charge in [-0.2, -0.15) is 0 Å². The van der Waals surface area contributed by atoms with Crippen LogP contribution in [0.25, 0.3) is 0 Å². The van der Waals surface area contributed by atoms with E-state index in [1.54, 1.807) is 24.3 Å². The van der Waals surface area contributed by atoms with E-state index in [9.17, 15) is 4.79 Å². The molecule has 2 aliphatic rings. The summed E-state index contributed by atoms with van der Waals surface area (Å²) in [5.74, 6) is 0.782. The average molecular weight is 251 g/mol. The van der Waals surface area contributed by atoms with Crippen LogP contribution in [0.3, 0.4) is 0 Å². The maximum Gasteiger partial charge on any atom is 0.254 e. The van der Waals surface area contributed by atoms with Gasteiger partial charge in [-0.05, 0) is 36.6 Å². The minimum atomic E-state index is 0.137. The second-order valence-electron chi connectivity index (χ2n) is 4.78. The summed E-state index contributed by atoms with van der Waals surface area (Å²) in [5.41, 5.74) is 0.738. The Morgan fingerprint density at radius 2 is 2.06 bits per heavy atom. The van der Waals surface area contributed by atoms with Crippen molar-refractivity contribution in [3.8, 4) is 0 Å². The zero-order chi connectivity index (χ0) is 11.8. The van der Waals surface area contributed by atoms with E-state index in [1.807, 2.05) is 4.90 Å². The van der Waals surface area contributed by atoms with Crippen LogP contribution in [-0.2, 0) is 0 Å². The van der Waals surface area contributed by atoms with E-state index in [1.165, 1.54) is 0 Å². The monoisotopic (exact) mass is 250 g/mol. The molecule has 0 saturated carbocycles. The van der Waals surface area contributed by atoms with E-state index in [4.69, 9.17) is 11.6 Å². The molecule has 0 radical (unpaired) electrons. The van der Waals surface area contributed by atoms with Gasteiger partial charge in [0.2, 0.25) is 0 Å². The average Bonchev–Trinajstić information content (AvgIpc) is 2.90. The first kappa shape index (κ1) is 11.1. The van der Waals surface area contributed by atoms with Crippen LogP contribution < -0.4 is 5.32 Å². The fourth-order valence-corrected chi connectivity index (χ4v) is 2.99. The normalized spacial score (nSPS) is 27.2. The lowest BCUT2D eigenvalue weighted by molar-refractivity contribution is 0.0737. The van der Waals surface area contributed by atoms with Gasteiger partial charge in [-0.15, -0.1) is 0 Å². The van der Waals surface area contributed by atoms with Crippen molar-refractivity contribution in [2.75, 3.05) is 19.6 Å². The van der Waals surface area contributed by atoms with Gasteiger partial charge in [0.05, 0.1) is 0 Å². The fraction of sp³-hybridized carbons (Fsp3) is 0.462. The summed E-state index contributed by atoms with van der Waals surface area (Å²) >= 11 is 5.83. The number of likely N-dealkylation sites (tertiary alicyclic amines) is 1. The zero-order valence-corrected chi connectivity index (χ0v) is 10.3. The summed E-state index contributed by atoms with van der Waals surface area (Å²) in [6, 6.07) is 7.55. The van der Waals surface area contributed by atoms with Crippen molar-refractivity contribution in [1.29, 1.82) is 0 Å². The van der Waals surface area contributed by atoms with E-state index in [-0.39, 0.29) is 5.91 Å². The van der Waals surface area contributed by atoms with Gasteiger partial charge in [0.1, 0.15) is 0 Å². The molecule has 0 aromatic heterocycles. The quantitative estimate of drug-likeness (QED) is 0.824. The lowest BCUT2D eigenvalue weighted by Crippen LogP contribution is -2.39.